The number of anilines is 1. The van der Waals surface area contributed by atoms with Crippen LogP contribution < -0.4 is 10.1 Å². The number of hydrogen-bond acceptors (Lipinski definition) is 5. The van der Waals surface area contributed by atoms with Crippen molar-refractivity contribution < 1.29 is 14.6 Å². The Morgan fingerprint density at radius 3 is 2.94 bits per heavy atom. The summed E-state index contributed by atoms with van der Waals surface area (Å²) >= 11 is 0. The number of aromatic nitrogens is 1. The van der Waals surface area contributed by atoms with Crippen LogP contribution in [-0.4, -0.2) is 53.7 Å². The lowest BCUT2D eigenvalue weighted by Gasteiger charge is -2.33. The van der Waals surface area contributed by atoms with Crippen molar-refractivity contribution in [3.05, 3.63) is 52.2 Å². The van der Waals surface area contributed by atoms with Gasteiger partial charge in [0.05, 0.1) is 6.61 Å². The van der Waals surface area contributed by atoms with Gasteiger partial charge in [0.1, 0.15) is 11.6 Å². The molecule has 1 aromatic heterocycles. The number of ether oxygens (including phenoxy) is 1. The van der Waals surface area contributed by atoms with Gasteiger partial charge in [-0.15, -0.1) is 0 Å². The summed E-state index contributed by atoms with van der Waals surface area (Å²) in [5.41, 5.74) is 6.43. The first-order valence-corrected chi connectivity index (χ1v) is 13.0. The highest BCUT2D eigenvalue weighted by Crippen LogP contribution is 2.38. The molecule has 3 aliphatic rings. The van der Waals surface area contributed by atoms with Crippen LogP contribution in [0.15, 0.2) is 24.3 Å². The van der Waals surface area contributed by atoms with E-state index in [2.05, 4.69) is 41.4 Å². The minimum absolute atomic E-state index is 0.171. The second-order valence-electron chi connectivity index (χ2n) is 10.2. The molecule has 1 saturated heterocycles. The Hall–Kier alpha value is -2.60. The summed E-state index contributed by atoms with van der Waals surface area (Å²) in [6.07, 6.45) is 7.49. The number of rotatable bonds is 8. The molecule has 0 aliphatic carbocycles. The number of nitrogens with zero attached hydrogens (tertiary/aromatic N) is 2. The van der Waals surface area contributed by atoms with Gasteiger partial charge >= 0.3 is 5.97 Å². The van der Waals surface area contributed by atoms with Gasteiger partial charge < -0.3 is 20.1 Å². The van der Waals surface area contributed by atoms with Gasteiger partial charge in [0.15, 0.2) is 0 Å². The van der Waals surface area contributed by atoms with Crippen LogP contribution in [0, 0.1) is 0 Å². The van der Waals surface area contributed by atoms with Gasteiger partial charge in [-0.3, -0.25) is 4.79 Å². The van der Waals surface area contributed by atoms with E-state index in [0.29, 0.717) is 18.3 Å². The Bertz CT molecular complexity index is 1030. The van der Waals surface area contributed by atoms with Crippen LogP contribution in [0.1, 0.15) is 78.8 Å². The summed E-state index contributed by atoms with van der Waals surface area (Å²) in [6, 6.07) is 8.82. The van der Waals surface area contributed by atoms with Crippen molar-refractivity contribution in [2.45, 2.75) is 70.1 Å². The Kier molecular flexibility index (Phi) is 7.05. The topological polar surface area (TPSA) is 74.7 Å². The minimum Gasteiger partial charge on any atom is -0.493 e. The van der Waals surface area contributed by atoms with Crippen molar-refractivity contribution in [1.82, 2.24) is 9.88 Å². The van der Waals surface area contributed by atoms with E-state index in [1.54, 1.807) is 0 Å². The Morgan fingerprint density at radius 1 is 1.26 bits per heavy atom. The largest absolute Gasteiger partial charge is 0.493 e. The molecule has 4 heterocycles. The summed E-state index contributed by atoms with van der Waals surface area (Å²) in [5.74, 6) is 2.34. The molecule has 3 aliphatic heterocycles. The Labute approximate surface area is 202 Å². The van der Waals surface area contributed by atoms with E-state index in [1.165, 1.54) is 28.8 Å². The molecule has 0 bridgehead atoms. The van der Waals surface area contributed by atoms with Crippen molar-refractivity contribution in [2.75, 3.05) is 38.1 Å². The van der Waals surface area contributed by atoms with Crippen molar-refractivity contribution in [2.24, 2.45) is 0 Å². The maximum atomic E-state index is 11.0. The van der Waals surface area contributed by atoms with Crippen molar-refractivity contribution in [3.63, 3.8) is 0 Å². The molecule has 6 heteroatoms. The summed E-state index contributed by atoms with van der Waals surface area (Å²) in [5, 5.41) is 12.5. The van der Waals surface area contributed by atoms with Gasteiger partial charge in [-0.2, -0.15) is 0 Å². The lowest BCUT2D eigenvalue weighted by molar-refractivity contribution is -0.136. The third kappa shape index (κ3) is 5.22. The highest BCUT2D eigenvalue weighted by Gasteiger charge is 2.27. The molecule has 1 aromatic carbocycles. The number of carboxylic acids is 1. The molecular formula is C28H37N3O3. The molecule has 6 nitrogen and oxygen atoms in total. The fourth-order valence-electron chi connectivity index (χ4n) is 5.76. The van der Waals surface area contributed by atoms with Crippen LogP contribution in [0.2, 0.25) is 0 Å². The third-order valence-electron chi connectivity index (χ3n) is 7.87. The number of piperidine rings is 1. The molecular weight excluding hydrogens is 426 g/mol. The number of carbonyl (C=O) groups is 1. The first kappa shape index (κ1) is 23.2. The number of hydrogen-bond donors (Lipinski definition) is 2. The number of nitrogens with one attached hydrogen (secondary N) is 1. The maximum Gasteiger partial charge on any atom is 0.303 e. The van der Waals surface area contributed by atoms with Crippen LogP contribution in [0.25, 0.3) is 0 Å². The second kappa shape index (κ2) is 10.3. The predicted octanol–water partition coefficient (Wildman–Crippen LogP) is 4.77. The normalized spacial score (nSPS) is 19.1. The molecule has 1 atom stereocenters. The minimum atomic E-state index is -0.743. The van der Waals surface area contributed by atoms with Gasteiger partial charge in [-0.25, -0.2) is 4.98 Å². The molecule has 0 amide bonds. The Morgan fingerprint density at radius 2 is 2.12 bits per heavy atom. The van der Waals surface area contributed by atoms with Crippen LogP contribution in [0.4, 0.5) is 5.82 Å². The number of fused-ring (bicyclic) bond motifs is 2. The number of aryl methyl sites for hydroxylation is 2. The highest BCUT2D eigenvalue weighted by atomic mass is 16.5. The first-order valence-electron chi connectivity index (χ1n) is 13.0. The summed E-state index contributed by atoms with van der Waals surface area (Å²) in [6.45, 7) is 7.42. The fraction of sp³-hybridized carbons (Fsp3) is 0.571. The molecule has 182 valence electrons. The standard InChI is InChI=1S/C28H37N3O3/c1-19(25-6-5-22-3-2-12-29-28(22)30-25)8-13-31-14-9-21(10-15-31)24-17-20(4-7-27(32)33)18-26-23(24)11-16-34-26/h5-6,17-19,21H,2-4,7-16H2,1H3,(H,29,30)(H,32,33). The summed E-state index contributed by atoms with van der Waals surface area (Å²) in [7, 11) is 0. The molecule has 0 spiro atoms. The van der Waals surface area contributed by atoms with Crippen molar-refractivity contribution in [3.8, 4) is 5.75 Å². The van der Waals surface area contributed by atoms with Crippen LogP contribution in [-0.2, 0) is 24.1 Å². The first-order chi connectivity index (χ1) is 16.6. The zero-order chi connectivity index (χ0) is 23.5. The molecule has 1 unspecified atom stereocenters. The average Bonchev–Trinajstić information content (AvgIpc) is 3.34. The molecule has 2 aromatic rings. The summed E-state index contributed by atoms with van der Waals surface area (Å²) < 4.78 is 5.87. The van der Waals surface area contributed by atoms with Crippen molar-refractivity contribution in [1.29, 1.82) is 0 Å². The van der Waals surface area contributed by atoms with Gasteiger partial charge in [0.25, 0.3) is 0 Å². The van der Waals surface area contributed by atoms with E-state index in [1.807, 2.05) is 0 Å². The number of carboxylic acid groups (broad SMARTS) is 1. The smallest absolute Gasteiger partial charge is 0.303 e. The zero-order valence-electron chi connectivity index (χ0n) is 20.3. The van der Waals surface area contributed by atoms with Gasteiger partial charge in [-0.1, -0.05) is 19.1 Å². The number of likely N-dealkylation sites (tertiary alicyclic amines) is 1. The highest BCUT2D eigenvalue weighted by molar-refractivity contribution is 5.67. The monoisotopic (exact) mass is 463 g/mol. The number of benzene rings is 1. The molecule has 0 radical (unpaired) electrons. The average molecular weight is 464 g/mol. The second-order valence-corrected chi connectivity index (χ2v) is 10.2. The lowest BCUT2D eigenvalue weighted by Crippen LogP contribution is -2.34. The zero-order valence-corrected chi connectivity index (χ0v) is 20.3. The van der Waals surface area contributed by atoms with E-state index in [-0.39, 0.29) is 6.42 Å². The van der Waals surface area contributed by atoms with Gasteiger partial charge in [0, 0.05) is 30.6 Å². The Balaban J connectivity index is 1.16. The third-order valence-corrected chi connectivity index (χ3v) is 7.87. The summed E-state index contributed by atoms with van der Waals surface area (Å²) in [4.78, 5) is 18.6. The molecule has 34 heavy (non-hydrogen) atoms. The van der Waals surface area contributed by atoms with Crippen LogP contribution >= 0.6 is 0 Å². The van der Waals surface area contributed by atoms with E-state index >= 15 is 0 Å². The van der Waals surface area contributed by atoms with Crippen LogP contribution in [0.3, 0.4) is 0 Å². The molecule has 5 rings (SSSR count). The van der Waals surface area contributed by atoms with Crippen molar-refractivity contribution >= 4 is 11.8 Å². The van der Waals surface area contributed by atoms with E-state index in [0.717, 1.165) is 82.0 Å². The number of pyridine rings is 1. The lowest BCUT2D eigenvalue weighted by atomic mass is 9.84. The van der Waals surface area contributed by atoms with Gasteiger partial charge in [0.2, 0.25) is 0 Å². The van der Waals surface area contributed by atoms with Gasteiger partial charge in [-0.05, 0) is 98.8 Å². The van der Waals surface area contributed by atoms with E-state index in [9.17, 15) is 4.79 Å². The van der Waals surface area contributed by atoms with E-state index < -0.39 is 5.97 Å². The molecule has 2 N–H and O–H groups in total. The number of aliphatic carboxylic acids is 1. The SMILES string of the molecule is CC(CCN1CCC(c2cc(CCC(=O)O)cc3c2CCO3)CC1)c1ccc2c(n1)NCCC2. The van der Waals surface area contributed by atoms with E-state index in [4.69, 9.17) is 14.8 Å². The predicted molar refractivity (Wildman–Crippen MR) is 134 cm³/mol. The molecule has 0 saturated carbocycles. The maximum absolute atomic E-state index is 11.0. The quantitative estimate of drug-likeness (QED) is 0.588. The fourth-order valence-corrected chi connectivity index (χ4v) is 5.76. The molecule has 1 fully saturated rings. The van der Waals surface area contributed by atoms with Crippen LogP contribution in [0.5, 0.6) is 5.75 Å².